The first kappa shape index (κ1) is 21.0. The number of furan rings is 1. The highest BCUT2D eigenvalue weighted by Gasteiger charge is 2.14. The largest absolute Gasteiger partial charge is 0.454 e. The molecule has 0 atom stereocenters. The van der Waals surface area contributed by atoms with Crippen LogP contribution in [0.1, 0.15) is 0 Å². The van der Waals surface area contributed by atoms with Crippen LogP contribution in [0.3, 0.4) is 0 Å². The molecule has 0 spiro atoms. The predicted molar refractivity (Wildman–Crippen MR) is 157 cm³/mol. The first-order valence-electron chi connectivity index (χ1n) is 12.8. The molecule has 3 aromatic heterocycles. The second-order valence-corrected chi connectivity index (χ2v) is 9.64. The van der Waals surface area contributed by atoms with Gasteiger partial charge in [0.15, 0.2) is 5.58 Å². The Morgan fingerprint density at radius 2 is 1.16 bits per heavy atom. The molecule has 0 saturated heterocycles. The van der Waals surface area contributed by atoms with Crippen molar-refractivity contribution in [3.8, 4) is 28.1 Å². The van der Waals surface area contributed by atoms with Gasteiger partial charge in [0.1, 0.15) is 11.1 Å². The average molecular weight is 487 g/mol. The molecule has 0 aliphatic carbocycles. The van der Waals surface area contributed by atoms with Crippen molar-refractivity contribution >= 4 is 43.9 Å². The number of para-hydroxylation sites is 2. The van der Waals surface area contributed by atoms with Gasteiger partial charge < -0.3 is 8.98 Å². The van der Waals surface area contributed by atoms with Crippen molar-refractivity contribution in [2.75, 3.05) is 0 Å². The standard InChI is InChI=1S/C35H22N2O/c1-2-9-23(10-3-1)24-17-19-33-29(22-24)35-34(38-33)20-18-30(36-35)25-11-8-12-26(21-25)37-31-15-6-4-13-27(31)28-14-5-7-16-32(28)37/h1-22H. The lowest BCUT2D eigenvalue weighted by Gasteiger charge is -2.10. The number of aromatic nitrogens is 2. The van der Waals surface area contributed by atoms with Crippen molar-refractivity contribution in [3.63, 3.8) is 0 Å². The summed E-state index contributed by atoms with van der Waals surface area (Å²) in [6.45, 7) is 0. The van der Waals surface area contributed by atoms with Crippen LogP contribution < -0.4 is 0 Å². The Kier molecular flexibility index (Phi) is 4.52. The third kappa shape index (κ3) is 3.19. The number of pyridine rings is 1. The number of benzene rings is 5. The molecule has 0 radical (unpaired) electrons. The number of fused-ring (bicyclic) bond motifs is 6. The lowest BCUT2D eigenvalue weighted by atomic mass is 10.0. The van der Waals surface area contributed by atoms with E-state index < -0.39 is 0 Å². The molecule has 3 nitrogen and oxygen atoms in total. The number of hydrogen-bond acceptors (Lipinski definition) is 2. The van der Waals surface area contributed by atoms with Crippen LogP contribution in [0.4, 0.5) is 0 Å². The van der Waals surface area contributed by atoms with Crippen molar-refractivity contribution in [2.45, 2.75) is 0 Å². The van der Waals surface area contributed by atoms with Crippen molar-refractivity contribution in [3.05, 3.63) is 133 Å². The normalized spacial score (nSPS) is 11.7. The molecule has 0 aliphatic heterocycles. The van der Waals surface area contributed by atoms with Gasteiger partial charge in [-0.05, 0) is 59.7 Å². The smallest absolute Gasteiger partial charge is 0.153 e. The van der Waals surface area contributed by atoms with E-state index in [-0.39, 0.29) is 0 Å². The summed E-state index contributed by atoms with van der Waals surface area (Å²) in [5, 5.41) is 3.54. The molecule has 0 fully saturated rings. The Balaban J connectivity index is 1.30. The van der Waals surface area contributed by atoms with E-state index in [0.717, 1.165) is 44.6 Å². The highest BCUT2D eigenvalue weighted by Crippen LogP contribution is 2.35. The molecule has 3 heterocycles. The Morgan fingerprint density at radius 1 is 0.474 bits per heavy atom. The summed E-state index contributed by atoms with van der Waals surface area (Å²) in [5.41, 5.74) is 10.4. The van der Waals surface area contributed by atoms with E-state index in [9.17, 15) is 0 Å². The third-order valence-corrected chi connectivity index (χ3v) is 7.40. The second kappa shape index (κ2) is 8.19. The van der Waals surface area contributed by atoms with E-state index in [1.165, 1.54) is 27.4 Å². The van der Waals surface area contributed by atoms with Crippen LogP contribution in [0.2, 0.25) is 0 Å². The third-order valence-electron chi connectivity index (χ3n) is 7.40. The van der Waals surface area contributed by atoms with Gasteiger partial charge in [-0.25, -0.2) is 4.98 Å². The summed E-state index contributed by atoms with van der Waals surface area (Å²) in [7, 11) is 0. The van der Waals surface area contributed by atoms with Crippen LogP contribution in [-0.4, -0.2) is 9.55 Å². The van der Waals surface area contributed by atoms with Crippen LogP contribution in [-0.2, 0) is 0 Å². The van der Waals surface area contributed by atoms with Crippen LogP contribution in [0.15, 0.2) is 138 Å². The van der Waals surface area contributed by atoms with Gasteiger partial charge in [-0.15, -0.1) is 0 Å². The fourth-order valence-corrected chi connectivity index (χ4v) is 5.62. The molecule has 0 amide bonds. The van der Waals surface area contributed by atoms with E-state index in [1.807, 2.05) is 24.3 Å². The minimum Gasteiger partial charge on any atom is -0.454 e. The second-order valence-electron chi connectivity index (χ2n) is 9.64. The van der Waals surface area contributed by atoms with Gasteiger partial charge >= 0.3 is 0 Å². The average Bonchev–Trinajstić information content (AvgIpc) is 3.52. The zero-order valence-electron chi connectivity index (χ0n) is 20.5. The van der Waals surface area contributed by atoms with E-state index in [2.05, 4.69) is 114 Å². The molecule has 0 saturated carbocycles. The molecule has 0 unspecified atom stereocenters. The van der Waals surface area contributed by atoms with E-state index in [4.69, 9.17) is 9.40 Å². The summed E-state index contributed by atoms with van der Waals surface area (Å²) < 4.78 is 8.49. The Morgan fingerprint density at radius 3 is 1.95 bits per heavy atom. The molecule has 5 aromatic carbocycles. The maximum Gasteiger partial charge on any atom is 0.153 e. The fourth-order valence-electron chi connectivity index (χ4n) is 5.62. The topological polar surface area (TPSA) is 31.0 Å². The SMILES string of the molecule is c1ccc(-c2ccc3oc4ccc(-c5cccc(-n6c7ccccc7c7ccccc76)c5)nc4c3c2)cc1. The fraction of sp³-hybridized carbons (Fsp3) is 0. The van der Waals surface area contributed by atoms with Crippen molar-refractivity contribution in [1.82, 2.24) is 9.55 Å². The van der Waals surface area contributed by atoms with Gasteiger partial charge in [0.2, 0.25) is 0 Å². The quantitative estimate of drug-likeness (QED) is 0.249. The van der Waals surface area contributed by atoms with E-state index >= 15 is 0 Å². The Labute approximate surface area is 219 Å². The maximum absolute atomic E-state index is 6.15. The monoisotopic (exact) mass is 486 g/mol. The van der Waals surface area contributed by atoms with Crippen LogP contribution >= 0.6 is 0 Å². The van der Waals surface area contributed by atoms with Crippen molar-refractivity contribution in [1.29, 1.82) is 0 Å². The summed E-state index contributed by atoms with van der Waals surface area (Å²) in [5.74, 6) is 0. The lowest BCUT2D eigenvalue weighted by molar-refractivity contribution is 0.668. The molecule has 3 heteroatoms. The first-order valence-corrected chi connectivity index (χ1v) is 12.8. The summed E-state index contributed by atoms with van der Waals surface area (Å²) >= 11 is 0. The summed E-state index contributed by atoms with van der Waals surface area (Å²) in [6, 6.07) is 46.7. The summed E-state index contributed by atoms with van der Waals surface area (Å²) in [6.07, 6.45) is 0. The maximum atomic E-state index is 6.15. The van der Waals surface area contributed by atoms with Crippen molar-refractivity contribution in [2.24, 2.45) is 0 Å². The van der Waals surface area contributed by atoms with Gasteiger partial charge in [0.05, 0.1) is 16.7 Å². The Bertz CT molecular complexity index is 2080. The predicted octanol–water partition coefficient (Wildman–Crippen LogP) is 9.41. The molecular formula is C35H22N2O. The van der Waals surface area contributed by atoms with Crippen LogP contribution in [0.25, 0.3) is 71.9 Å². The lowest BCUT2D eigenvalue weighted by Crippen LogP contribution is -1.94. The minimum atomic E-state index is 0.799. The number of rotatable bonds is 3. The molecule has 0 bridgehead atoms. The van der Waals surface area contributed by atoms with Crippen LogP contribution in [0.5, 0.6) is 0 Å². The molecule has 38 heavy (non-hydrogen) atoms. The highest BCUT2D eigenvalue weighted by molar-refractivity contribution is 6.09. The molecule has 0 N–H and O–H groups in total. The van der Waals surface area contributed by atoms with Gasteiger partial charge in [0.25, 0.3) is 0 Å². The van der Waals surface area contributed by atoms with E-state index in [0.29, 0.717) is 0 Å². The molecule has 8 aromatic rings. The van der Waals surface area contributed by atoms with Crippen LogP contribution in [0, 0.1) is 0 Å². The zero-order valence-corrected chi connectivity index (χ0v) is 20.5. The Hall–Kier alpha value is -5.15. The molecular weight excluding hydrogens is 464 g/mol. The summed E-state index contributed by atoms with van der Waals surface area (Å²) in [4.78, 5) is 5.11. The van der Waals surface area contributed by atoms with Gasteiger partial charge in [-0.3, -0.25) is 0 Å². The molecule has 0 aliphatic rings. The minimum absolute atomic E-state index is 0.799. The highest BCUT2D eigenvalue weighted by atomic mass is 16.3. The first-order chi connectivity index (χ1) is 18.8. The number of nitrogens with zero attached hydrogens (tertiary/aromatic N) is 2. The molecule has 178 valence electrons. The zero-order chi connectivity index (χ0) is 25.1. The number of hydrogen-bond donors (Lipinski definition) is 0. The van der Waals surface area contributed by atoms with Crippen molar-refractivity contribution < 1.29 is 4.42 Å². The van der Waals surface area contributed by atoms with Gasteiger partial charge in [-0.1, -0.05) is 84.9 Å². The molecule has 8 rings (SSSR count). The van der Waals surface area contributed by atoms with E-state index in [1.54, 1.807) is 0 Å². The van der Waals surface area contributed by atoms with Gasteiger partial charge in [-0.2, -0.15) is 0 Å². The van der Waals surface area contributed by atoms with Gasteiger partial charge in [0, 0.05) is 27.4 Å².